The molecule has 2 rings (SSSR count). The zero-order valence-corrected chi connectivity index (χ0v) is 16.8. The van der Waals surface area contributed by atoms with Gasteiger partial charge in [0, 0.05) is 6.42 Å². The molecule has 1 N–H and O–H groups in total. The Kier molecular flexibility index (Phi) is 6.84. The van der Waals surface area contributed by atoms with E-state index in [1.165, 1.54) is 16.7 Å². The Hall–Kier alpha value is -2.29. The summed E-state index contributed by atoms with van der Waals surface area (Å²) in [5.41, 5.74) is 5.90. The predicted molar refractivity (Wildman–Crippen MR) is 108 cm³/mol. The minimum atomic E-state index is -0.0241. The van der Waals surface area contributed by atoms with Crippen LogP contribution in [0.5, 0.6) is 5.75 Å². The zero-order chi connectivity index (χ0) is 19.3. The molecule has 0 aromatic heterocycles. The van der Waals surface area contributed by atoms with Crippen molar-refractivity contribution in [3.05, 3.63) is 64.2 Å². The molecule has 0 aliphatic carbocycles. The van der Waals surface area contributed by atoms with E-state index in [-0.39, 0.29) is 11.9 Å². The van der Waals surface area contributed by atoms with Crippen LogP contribution in [0, 0.1) is 13.8 Å². The smallest absolute Gasteiger partial charge is 0.220 e. The lowest BCUT2D eigenvalue weighted by molar-refractivity contribution is -0.121. The van der Waals surface area contributed by atoms with Crippen molar-refractivity contribution in [2.75, 3.05) is 7.11 Å². The Balaban J connectivity index is 2.04. The second kappa shape index (κ2) is 8.88. The number of hydrogen-bond acceptors (Lipinski definition) is 2. The van der Waals surface area contributed by atoms with E-state index in [2.05, 4.69) is 69.4 Å². The van der Waals surface area contributed by atoms with Crippen molar-refractivity contribution in [3.8, 4) is 5.75 Å². The fraction of sp³-hybridized carbons (Fsp3) is 0.435. The molecule has 0 aliphatic heterocycles. The fourth-order valence-electron chi connectivity index (χ4n) is 3.21. The first-order valence-electron chi connectivity index (χ1n) is 9.35. The number of ether oxygens (including phenoxy) is 1. The number of hydrogen-bond donors (Lipinski definition) is 1. The SMILES string of the molecule is COc1cc(C)c([C@H](C)NC(=O)CCc2ccc(C)cc2)cc1C(C)C. The normalized spacial score (nSPS) is 12.1. The summed E-state index contributed by atoms with van der Waals surface area (Å²) in [4.78, 5) is 12.4. The van der Waals surface area contributed by atoms with Crippen molar-refractivity contribution in [2.45, 2.75) is 59.4 Å². The standard InChI is InChI=1S/C23H31NO2/c1-15(2)20-14-21(17(4)13-22(20)26-6)18(5)24-23(25)12-11-19-9-7-16(3)8-10-19/h7-10,13-15,18H,11-12H2,1-6H3,(H,24,25)/t18-/m0/s1. The summed E-state index contributed by atoms with van der Waals surface area (Å²) in [6.45, 7) is 10.5. The van der Waals surface area contributed by atoms with Gasteiger partial charge in [0.2, 0.25) is 5.91 Å². The second-order valence-corrected chi connectivity index (χ2v) is 7.38. The molecule has 0 bridgehead atoms. The number of nitrogens with one attached hydrogen (secondary N) is 1. The highest BCUT2D eigenvalue weighted by molar-refractivity contribution is 5.76. The molecule has 3 heteroatoms. The van der Waals surface area contributed by atoms with Crippen LogP contribution in [0.1, 0.15) is 67.0 Å². The third kappa shape index (κ3) is 5.10. The largest absolute Gasteiger partial charge is 0.496 e. The Morgan fingerprint density at radius 2 is 1.69 bits per heavy atom. The maximum absolute atomic E-state index is 12.4. The molecule has 3 nitrogen and oxygen atoms in total. The van der Waals surface area contributed by atoms with Crippen LogP contribution in [0.3, 0.4) is 0 Å². The minimum absolute atomic E-state index is 0.0241. The van der Waals surface area contributed by atoms with Gasteiger partial charge in [-0.25, -0.2) is 0 Å². The summed E-state index contributed by atoms with van der Waals surface area (Å²) in [5, 5.41) is 3.14. The number of amides is 1. The van der Waals surface area contributed by atoms with Crippen molar-refractivity contribution in [2.24, 2.45) is 0 Å². The highest BCUT2D eigenvalue weighted by Crippen LogP contribution is 2.32. The van der Waals surface area contributed by atoms with Gasteiger partial charge in [0.1, 0.15) is 5.75 Å². The molecule has 0 fully saturated rings. The lowest BCUT2D eigenvalue weighted by Crippen LogP contribution is -2.27. The molecule has 2 aromatic rings. The van der Waals surface area contributed by atoms with Crippen LogP contribution in [0.25, 0.3) is 0 Å². The summed E-state index contributed by atoms with van der Waals surface area (Å²) in [6, 6.07) is 12.6. The first-order valence-corrected chi connectivity index (χ1v) is 9.35. The Morgan fingerprint density at radius 3 is 2.27 bits per heavy atom. The van der Waals surface area contributed by atoms with E-state index in [1.807, 2.05) is 6.92 Å². The van der Waals surface area contributed by atoms with Gasteiger partial charge in [-0.3, -0.25) is 4.79 Å². The number of benzene rings is 2. The van der Waals surface area contributed by atoms with E-state index < -0.39 is 0 Å². The molecule has 140 valence electrons. The van der Waals surface area contributed by atoms with E-state index in [4.69, 9.17) is 4.74 Å². The van der Waals surface area contributed by atoms with Crippen molar-refractivity contribution in [3.63, 3.8) is 0 Å². The first-order chi connectivity index (χ1) is 12.3. The van der Waals surface area contributed by atoms with Crippen molar-refractivity contribution < 1.29 is 9.53 Å². The molecule has 2 aromatic carbocycles. The maximum atomic E-state index is 12.4. The first kappa shape index (κ1) is 20.0. The monoisotopic (exact) mass is 353 g/mol. The summed E-state index contributed by atoms with van der Waals surface area (Å²) in [5.74, 6) is 1.37. The molecule has 0 saturated carbocycles. The molecular formula is C23H31NO2. The van der Waals surface area contributed by atoms with Gasteiger partial charge in [0.05, 0.1) is 13.2 Å². The number of rotatable bonds is 7. The third-order valence-electron chi connectivity index (χ3n) is 4.85. The van der Waals surface area contributed by atoms with Crippen LogP contribution in [-0.4, -0.2) is 13.0 Å². The van der Waals surface area contributed by atoms with Gasteiger partial charge in [-0.2, -0.15) is 0 Å². The molecule has 0 unspecified atom stereocenters. The number of carbonyl (C=O) groups excluding carboxylic acids is 1. The third-order valence-corrected chi connectivity index (χ3v) is 4.85. The summed E-state index contributed by atoms with van der Waals surface area (Å²) >= 11 is 0. The van der Waals surface area contributed by atoms with Crippen LogP contribution < -0.4 is 10.1 Å². The highest BCUT2D eigenvalue weighted by atomic mass is 16.5. The van der Waals surface area contributed by atoms with Gasteiger partial charge < -0.3 is 10.1 Å². The zero-order valence-electron chi connectivity index (χ0n) is 16.8. The molecule has 1 amide bonds. The molecular weight excluding hydrogens is 322 g/mol. The average molecular weight is 354 g/mol. The summed E-state index contributed by atoms with van der Waals surface area (Å²) in [7, 11) is 1.70. The molecule has 0 spiro atoms. The molecule has 0 radical (unpaired) electrons. The second-order valence-electron chi connectivity index (χ2n) is 7.38. The topological polar surface area (TPSA) is 38.3 Å². The lowest BCUT2D eigenvalue weighted by atomic mass is 9.93. The van der Waals surface area contributed by atoms with Gasteiger partial charge in [0.25, 0.3) is 0 Å². The van der Waals surface area contributed by atoms with Gasteiger partial charge in [-0.1, -0.05) is 43.7 Å². The number of carbonyl (C=O) groups is 1. The van der Waals surface area contributed by atoms with E-state index in [0.29, 0.717) is 12.3 Å². The van der Waals surface area contributed by atoms with E-state index in [1.54, 1.807) is 7.11 Å². The van der Waals surface area contributed by atoms with Gasteiger partial charge in [-0.15, -0.1) is 0 Å². The van der Waals surface area contributed by atoms with Gasteiger partial charge >= 0.3 is 0 Å². The lowest BCUT2D eigenvalue weighted by Gasteiger charge is -2.21. The molecule has 0 heterocycles. The highest BCUT2D eigenvalue weighted by Gasteiger charge is 2.16. The van der Waals surface area contributed by atoms with Crippen LogP contribution in [0.15, 0.2) is 36.4 Å². The summed E-state index contributed by atoms with van der Waals surface area (Å²) < 4.78 is 5.51. The minimum Gasteiger partial charge on any atom is -0.496 e. The Morgan fingerprint density at radius 1 is 1.04 bits per heavy atom. The van der Waals surface area contributed by atoms with E-state index in [0.717, 1.165) is 23.3 Å². The van der Waals surface area contributed by atoms with Crippen molar-refractivity contribution in [1.82, 2.24) is 5.32 Å². The number of methoxy groups -OCH3 is 1. The Bertz CT molecular complexity index is 748. The van der Waals surface area contributed by atoms with Gasteiger partial charge in [0.15, 0.2) is 0 Å². The van der Waals surface area contributed by atoms with Crippen LogP contribution in [-0.2, 0) is 11.2 Å². The summed E-state index contributed by atoms with van der Waals surface area (Å²) in [6.07, 6.45) is 1.26. The van der Waals surface area contributed by atoms with E-state index >= 15 is 0 Å². The van der Waals surface area contributed by atoms with Crippen molar-refractivity contribution in [1.29, 1.82) is 0 Å². The Labute approximate surface area is 157 Å². The molecule has 26 heavy (non-hydrogen) atoms. The predicted octanol–water partition coefficient (Wildman–Crippen LogP) is 5.25. The molecule has 0 aliphatic rings. The van der Waals surface area contributed by atoms with Crippen LogP contribution in [0.4, 0.5) is 0 Å². The maximum Gasteiger partial charge on any atom is 0.220 e. The number of aryl methyl sites for hydroxylation is 3. The molecule has 1 atom stereocenters. The van der Waals surface area contributed by atoms with Crippen molar-refractivity contribution >= 4 is 5.91 Å². The van der Waals surface area contributed by atoms with Crippen LogP contribution >= 0.6 is 0 Å². The fourth-order valence-corrected chi connectivity index (χ4v) is 3.21. The van der Waals surface area contributed by atoms with E-state index in [9.17, 15) is 4.79 Å². The average Bonchev–Trinajstić information content (AvgIpc) is 2.60. The van der Waals surface area contributed by atoms with Gasteiger partial charge in [-0.05, 0) is 67.5 Å². The quantitative estimate of drug-likeness (QED) is 0.739. The van der Waals surface area contributed by atoms with Crippen LogP contribution in [0.2, 0.25) is 0 Å². The molecule has 0 saturated heterocycles.